The molecule has 0 saturated heterocycles. The van der Waals surface area contributed by atoms with Crippen molar-refractivity contribution >= 4 is 16.8 Å². The van der Waals surface area contributed by atoms with Crippen LogP contribution in [0.25, 0.3) is 10.9 Å². The fourth-order valence-corrected chi connectivity index (χ4v) is 1.84. The number of carbonyl (C=O) groups is 1. The minimum Gasteiger partial charge on any atom is -0.351 e. The number of nitrogens with zero attached hydrogens (tertiary/aromatic N) is 2. The van der Waals surface area contributed by atoms with Crippen molar-refractivity contribution in [3.8, 4) is 0 Å². The first-order valence-corrected chi connectivity index (χ1v) is 6.14. The molecule has 0 saturated carbocycles. The molecule has 0 aliphatic rings. The number of benzene rings is 1. The number of fused-ring (bicyclic) bond motifs is 1. The lowest BCUT2D eigenvalue weighted by molar-refractivity contribution is 0.0949. The van der Waals surface area contributed by atoms with Gasteiger partial charge in [0.25, 0.3) is 5.91 Å². The Balaban J connectivity index is 2.03. The van der Waals surface area contributed by atoms with Crippen molar-refractivity contribution in [3.05, 3.63) is 29.7 Å². The first kappa shape index (κ1) is 13.5. The van der Waals surface area contributed by atoms with Crippen molar-refractivity contribution in [3.63, 3.8) is 0 Å². The summed E-state index contributed by atoms with van der Waals surface area (Å²) in [5.41, 5.74) is 0.888. The summed E-state index contributed by atoms with van der Waals surface area (Å²) in [6.45, 7) is 1.47. The Labute approximate surface area is 110 Å². The Morgan fingerprint density at radius 2 is 2.26 bits per heavy atom. The van der Waals surface area contributed by atoms with Crippen LogP contribution in [0.5, 0.6) is 0 Å². The quantitative estimate of drug-likeness (QED) is 0.802. The number of hydrogen-bond donors (Lipinski definition) is 2. The third-order valence-electron chi connectivity index (χ3n) is 2.81. The van der Waals surface area contributed by atoms with E-state index in [9.17, 15) is 9.18 Å². The molecule has 1 aromatic heterocycles. The van der Waals surface area contributed by atoms with E-state index >= 15 is 0 Å². The lowest BCUT2D eigenvalue weighted by Gasteiger charge is -2.09. The van der Waals surface area contributed by atoms with Crippen molar-refractivity contribution < 1.29 is 9.18 Å². The minimum atomic E-state index is -0.379. The summed E-state index contributed by atoms with van der Waals surface area (Å²) >= 11 is 0. The van der Waals surface area contributed by atoms with E-state index in [1.54, 1.807) is 6.07 Å². The Morgan fingerprint density at radius 1 is 1.47 bits per heavy atom. The summed E-state index contributed by atoms with van der Waals surface area (Å²) < 4.78 is 13.2. The van der Waals surface area contributed by atoms with Crippen LogP contribution in [0.4, 0.5) is 4.39 Å². The number of halogens is 1. The molecule has 102 valence electrons. The van der Waals surface area contributed by atoms with E-state index in [4.69, 9.17) is 0 Å². The number of H-pyrrole nitrogens is 1. The van der Waals surface area contributed by atoms with E-state index in [2.05, 4.69) is 15.5 Å². The molecule has 2 N–H and O–H groups in total. The zero-order chi connectivity index (χ0) is 13.8. The van der Waals surface area contributed by atoms with Crippen LogP contribution in [0.2, 0.25) is 0 Å². The first-order chi connectivity index (χ1) is 9.08. The van der Waals surface area contributed by atoms with Crippen LogP contribution in [0.15, 0.2) is 18.2 Å². The van der Waals surface area contributed by atoms with E-state index in [0.29, 0.717) is 17.4 Å². The molecule has 1 amide bonds. The lowest BCUT2D eigenvalue weighted by Crippen LogP contribution is -2.27. The SMILES string of the molecule is CN(C)CCCNC(=O)c1n[nH]c2ccc(F)cc12. The van der Waals surface area contributed by atoms with Crippen molar-refractivity contribution in [2.45, 2.75) is 6.42 Å². The minimum absolute atomic E-state index is 0.236. The van der Waals surface area contributed by atoms with Gasteiger partial charge in [0.15, 0.2) is 5.69 Å². The summed E-state index contributed by atoms with van der Waals surface area (Å²) in [4.78, 5) is 14.0. The number of aromatic amines is 1. The molecule has 0 unspecified atom stereocenters. The van der Waals surface area contributed by atoms with Crippen LogP contribution < -0.4 is 5.32 Å². The molecule has 0 aliphatic carbocycles. The average molecular weight is 264 g/mol. The number of nitrogens with one attached hydrogen (secondary N) is 2. The molecule has 0 aliphatic heterocycles. The van der Waals surface area contributed by atoms with Gasteiger partial charge in [-0.3, -0.25) is 9.89 Å². The van der Waals surface area contributed by atoms with Gasteiger partial charge < -0.3 is 10.2 Å². The Morgan fingerprint density at radius 3 is 3.00 bits per heavy atom. The second-order valence-electron chi connectivity index (χ2n) is 4.67. The molecule has 0 bridgehead atoms. The average Bonchev–Trinajstić information content (AvgIpc) is 2.77. The number of aromatic nitrogens is 2. The van der Waals surface area contributed by atoms with Gasteiger partial charge in [0.1, 0.15) is 5.82 Å². The van der Waals surface area contributed by atoms with E-state index in [1.165, 1.54) is 12.1 Å². The molecule has 5 nitrogen and oxygen atoms in total. The highest BCUT2D eigenvalue weighted by Crippen LogP contribution is 2.16. The van der Waals surface area contributed by atoms with E-state index < -0.39 is 0 Å². The molecular weight excluding hydrogens is 247 g/mol. The fraction of sp³-hybridized carbons (Fsp3) is 0.385. The Hall–Kier alpha value is -1.95. The fourth-order valence-electron chi connectivity index (χ4n) is 1.84. The largest absolute Gasteiger partial charge is 0.351 e. The van der Waals surface area contributed by atoms with E-state index in [0.717, 1.165) is 13.0 Å². The van der Waals surface area contributed by atoms with Gasteiger partial charge >= 0.3 is 0 Å². The van der Waals surface area contributed by atoms with Gasteiger partial charge in [-0.1, -0.05) is 0 Å². The maximum atomic E-state index is 13.2. The zero-order valence-electron chi connectivity index (χ0n) is 11.0. The molecule has 0 atom stereocenters. The Bertz CT molecular complexity index is 579. The maximum absolute atomic E-state index is 13.2. The molecule has 1 aromatic carbocycles. The molecule has 19 heavy (non-hydrogen) atoms. The molecule has 0 fully saturated rings. The van der Waals surface area contributed by atoms with Crippen molar-refractivity contribution in [1.29, 1.82) is 0 Å². The highest BCUT2D eigenvalue weighted by atomic mass is 19.1. The normalized spacial score (nSPS) is 11.2. The third-order valence-corrected chi connectivity index (χ3v) is 2.81. The number of hydrogen-bond acceptors (Lipinski definition) is 3. The van der Waals surface area contributed by atoms with Gasteiger partial charge in [-0.15, -0.1) is 0 Å². The van der Waals surface area contributed by atoms with Crippen LogP contribution in [0, 0.1) is 5.82 Å². The van der Waals surface area contributed by atoms with Gasteiger partial charge in [0.2, 0.25) is 0 Å². The third kappa shape index (κ3) is 3.29. The second kappa shape index (κ2) is 5.79. The van der Waals surface area contributed by atoms with Crippen LogP contribution >= 0.6 is 0 Å². The van der Waals surface area contributed by atoms with Gasteiger partial charge in [-0.05, 0) is 45.3 Å². The standard InChI is InChI=1S/C13H17FN4O/c1-18(2)7-3-6-15-13(19)12-10-8-9(14)4-5-11(10)16-17-12/h4-5,8H,3,6-7H2,1-2H3,(H,15,19)(H,16,17). The number of amides is 1. The molecular formula is C13H17FN4O. The molecule has 2 aromatic rings. The van der Waals surface area contributed by atoms with Crippen molar-refractivity contribution in [1.82, 2.24) is 20.4 Å². The van der Waals surface area contributed by atoms with E-state index in [1.807, 2.05) is 19.0 Å². The van der Waals surface area contributed by atoms with Gasteiger partial charge in [0.05, 0.1) is 5.52 Å². The summed E-state index contributed by atoms with van der Waals surface area (Å²) in [6.07, 6.45) is 0.857. The molecule has 1 heterocycles. The predicted octanol–water partition coefficient (Wildman–Crippen LogP) is 1.38. The first-order valence-electron chi connectivity index (χ1n) is 6.14. The van der Waals surface area contributed by atoms with Crippen molar-refractivity contribution in [2.75, 3.05) is 27.2 Å². The molecule has 2 rings (SSSR count). The highest BCUT2D eigenvalue weighted by Gasteiger charge is 2.14. The van der Waals surface area contributed by atoms with Crippen molar-refractivity contribution in [2.24, 2.45) is 0 Å². The Kier molecular flexibility index (Phi) is 4.11. The summed E-state index contributed by atoms with van der Waals surface area (Å²) in [5.74, 6) is -0.661. The second-order valence-corrected chi connectivity index (χ2v) is 4.67. The summed E-state index contributed by atoms with van der Waals surface area (Å²) in [5, 5.41) is 9.94. The molecule has 0 spiro atoms. The number of rotatable bonds is 5. The van der Waals surface area contributed by atoms with Crippen LogP contribution in [-0.4, -0.2) is 48.2 Å². The summed E-state index contributed by atoms with van der Waals surface area (Å²) in [7, 11) is 3.96. The topological polar surface area (TPSA) is 61.0 Å². The predicted molar refractivity (Wildman–Crippen MR) is 71.6 cm³/mol. The summed E-state index contributed by atoms with van der Waals surface area (Å²) in [6, 6.07) is 4.22. The molecule has 6 heteroatoms. The van der Waals surface area contributed by atoms with Crippen LogP contribution in [0.3, 0.4) is 0 Å². The van der Waals surface area contributed by atoms with Gasteiger partial charge in [-0.25, -0.2) is 4.39 Å². The maximum Gasteiger partial charge on any atom is 0.272 e. The van der Waals surface area contributed by atoms with Crippen LogP contribution in [-0.2, 0) is 0 Å². The smallest absolute Gasteiger partial charge is 0.272 e. The highest BCUT2D eigenvalue weighted by molar-refractivity contribution is 6.04. The van der Waals surface area contributed by atoms with Gasteiger partial charge in [0, 0.05) is 11.9 Å². The van der Waals surface area contributed by atoms with Crippen LogP contribution in [0.1, 0.15) is 16.9 Å². The zero-order valence-corrected chi connectivity index (χ0v) is 11.0. The molecule has 0 radical (unpaired) electrons. The van der Waals surface area contributed by atoms with Gasteiger partial charge in [-0.2, -0.15) is 5.10 Å². The van der Waals surface area contributed by atoms with E-state index in [-0.39, 0.29) is 17.4 Å². The monoisotopic (exact) mass is 264 g/mol. The lowest BCUT2D eigenvalue weighted by atomic mass is 10.2. The number of carbonyl (C=O) groups excluding carboxylic acids is 1.